The van der Waals surface area contributed by atoms with Crippen LogP contribution in [0.1, 0.15) is 11.1 Å². The van der Waals surface area contributed by atoms with E-state index in [0.29, 0.717) is 24.6 Å². The van der Waals surface area contributed by atoms with E-state index in [2.05, 4.69) is 5.32 Å². The number of benzene rings is 1. The van der Waals surface area contributed by atoms with E-state index in [-0.39, 0.29) is 0 Å². The second-order valence-electron chi connectivity index (χ2n) is 4.44. The van der Waals surface area contributed by atoms with Crippen LogP contribution >= 0.6 is 0 Å². The maximum absolute atomic E-state index is 12.4. The first-order valence-electron chi connectivity index (χ1n) is 6.13. The van der Waals surface area contributed by atoms with Crippen molar-refractivity contribution in [3.05, 3.63) is 29.3 Å². The van der Waals surface area contributed by atoms with Gasteiger partial charge in [0.15, 0.2) is 0 Å². The highest BCUT2D eigenvalue weighted by Gasteiger charge is 2.20. The van der Waals surface area contributed by atoms with E-state index in [9.17, 15) is 8.42 Å². The fraction of sp³-hybridized carbons (Fsp3) is 0.538. The highest BCUT2D eigenvalue weighted by atomic mass is 32.2. The van der Waals surface area contributed by atoms with Gasteiger partial charge in [-0.1, -0.05) is 6.07 Å². The monoisotopic (exact) mass is 286 g/mol. The largest absolute Gasteiger partial charge is 0.383 e. The molecular formula is C13H22N2O3S. The van der Waals surface area contributed by atoms with Crippen molar-refractivity contribution >= 4 is 10.0 Å². The predicted octanol–water partition coefficient (Wildman–Crippen LogP) is 0.981. The zero-order valence-corrected chi connectivity index (χ0v) is 12.8. The summed E-state index contributed by atoms with van der Waals surface area (Å²) in [5.74, 6) is 0. The van der Waals surface area contributed by atoms with Crippen LogP contribution in [0.5, 0.6) is 0 Å². The summed E-state index contributed by atoms with van der Waals surface area (Å²) in [5, 5.41) is 3.04. The van der Waals surface area contributed by atoms with Crippen molar-refractivity contribution in [1.29, 1.82) is 0 Å². The van der Waals surface area contributed by atoms with Gasteiger partial charge in [0.05, 0.1) is 11.5 Å². The molecule has 6 heteroatoms. The number of likely N-dealkylation sites (N-methyl/N-ethyl adjacent to an activating group) is 1. The van der Waals surface area contributed by atoms with Gasteiger partial charge in [-0.3, -0.25) is 0 Å². The third-order valence-corrected chi connectivity index (χ3v) is 4.86. The highest BCUT2D eigenvalue weighted by molar-refractivity contribution is 7.89. The number of nitrogens with zero attached hydrogens (tertiary/aromatic N) is 1. The van der Waals surface area contributed by atoms with Gasteiger partial charge in [-0.05, 0) is 37.2 Å². The molecule has 0 unspecified atom stereocenters. The number of ether oxygens (including phenoxy) is 1. The summed E-state index contributed by atoms with van der Waals surface area (Å²) < 4.78 is 30.9. The first kappa shape index (κ1) is 16.1. The number of hydrogen-bond donors (Lipinski definition) is 1. The van der Waals surface area contributed by atoms with E-state index in [1.165, 1.54) is 4.31 Å². The van der Waals surface area contributed by atoms with Crippen LogP contribution < -0.4 is 5.32 Å². The van der Waals surface area contributed by atoms with Crippen LogP contribution in [0.4, 0.5) is 0 Å². The molecule has 0 aliphatic heterocycles. The Balaban J connectivity index is 3.04. The van der Waals surface area contributed by atoms with Gasteiger partial charge in [-0.2, -0.15) is 4.31 Å². The van der Waals surface area contributed by atoms with Crippen molar-refractivity contribution in [1.82, 2.24) is 9.62 Å². The van der Waals surface area contributed by atoms with Crippen molar-refractivity contribution < 1.29 is 13.2 Å². The molecule has 0 spiro atoms. The lowest BCUT2D eigenvalue weighted by molar-refractivity contribution is 0.185. The van der Waals surface area contributed by atoms with Crippen LogP contribution in [-0.4, -0.2) is 47.1 Å². The summed E-state index contributed by atoms with van der Waals surface area (Å²) >= 11 is 0. The SMILES string of the molecule is CNCc1cc(S(=O)(=O)N(C)CCOC)ccc1C. The van der Waals surface area contributed by atoms with Gasteiger partial charge in [-0.25, -0.2) is 8.42 Å². The number of sulfonamides is 1. The van der Waals surface area contributed by atoms with Crippen LogP contribution in [0.3, 0.4) is 0 Å². The predicted molar refractivity (Wildman–Crippen MR) is 75.6 cm³/mol. The van der Waals surface area contributed by atoms with Crippen molar-refractivity contribution in [3.63, 3.8) is 0 Å². The van der Waals surface area contributed by atoms with Crippen LogP contribution in [0.25, 0.3) is 0 Å². The molecule has 0 aliphatic carbocycles. The van der Waals surface area contributed by atoms with Gasteiger partial charge in [0.25, 0.3) is 0 Å². The molecule has 0 aromatic heterocycles. The summed E-state index contributed by atoms with van der Waals surface area (Å²) in [4.78, 5) is 0.321. The molecule has 0 fully saturated rings. The van der Waals surface area contributed by atoms with E-state index in [4.69, 9.17) is 4.74 Å². The Hall–Kier alpha value is -0.950. The lowest BCUT2D eigenvalue weighted by Crippen LogP contribution is -2.30. The van der Waals surface area contributed by atoms with E-state index < -0.39 is 10.0 Å². The highest BCUT2D eigenvalue weighted by Crippen LogP contribution is 2.18. The number of hydrogen-bond acceptors (Lipinski definition) is 4. The van der Waals surface area contributed by atoms with E-state index in [1.54, 1.807) is 26.3 Å². The Bertz CT molecular complexity index is 515. The quantitative estimate of drug-likeness (QED) is 0.812. The topological polar surface area (TPSA) is 58.6 Å². The Morgan fingerprint density at radius 3 is 2.63 bits per heavy atom. The smallest absolute Gasteiger partial charge is 0.242 e. The molecule has 0 atom stereocenters. The van der Waals surface area contributed by atoms with Crippen LogP contribution in [0, 0.1) is 6.92 Å². The molecule has 1 N–H and O–H groups in total. The molecule has 0 amide bonds. The van der Waals surface area contributed by atoms with Gasteiger partial charge in [0, 0.05) is 27.2 Å². The molecule has 0 radical (unpaired) electrons. The summed E-state index contributed by atoms with van der Waals surface area (Å²) in [7, 11) is 1.51. The van der Waals surface area contributed by atoms with Crippen molar-refractivity contribution in [2.24, 2.45) is 0 Å². The Labute approximate surface area is 115 Å². The normalized spacial score (nSPS) is 12.1. The van der Waals surface area contributed by atoms with Gasteiger partial charge >= 0.3 is 0 Å². The van der Waals surface area contributed by atoms with Crippen LogP contribution in [0.2, 0.25) is 0 Å². The maximum Gasteiger partial charge on any atom is 0.242 e. The van der Waals surface area contributed by atoms with Gasteiger partial charge in [-0.15, -0.1) is 0 Å². The lowest BCUT2D eigenvalue weighted by Gasteiger charge is -2.17. The summed E-state index contributed by atoms with van der Waals surface area (Å²) in [6, 6.07) is 5.21. The Morgan fingerprint density at radius 2 is 2.05 bits per heavy atom. The van der Waals surface area contributed by atoms with Crippen molar-refractivity contribution in [3.8, 4) is 0 Å². The zero-order valence-electron chi connectivity index (χ0n) is 11.9. The molecule has 0 saturated carbocycles. The third-order valence-electron chi connectivity index (χ3n) is 3.01. The average Bonchev–Trinajstić information content (AvgIpc) is 2.38. The molecule has 0 bridgehead atoms. The van der Waals surface area contributed by atoms with Gasteiger partial charge in [0.2, 0.25) is 10.0 Å². The second-order valence-corrected chi connectivity index (χ2v) is 6.48. The van der Waals surface area contributed by atoms with Crippen molar-refractivity contribution in [2.75, 3.05) is 34.4 Å². The Kier molecular flexibility index (Phi) is 5.93. The summed E-state index contributed by atoms with van der Waals surface area (Å²) in [5.41, 5.74) is 2.07. The second kappa shape index (κ2) is 7.00. The van der Waals surface area contributed by atoms with Gasteiger partial charge in [0.1, 0.15) is 0 Å². The lowest BCUT2D eigenvalue weighted by atomic mass is 10.1. The first-order chi connectivity index (χ1) is 8.93. The molecule has 1 aromatic carbocycles. The summed E-state index contributed by atoms with van der Waals surface area (Å²) in [6.07, 6.45) is 0. The molecule has 0 aliphatic rings. The van der Waals surface area contributed by atoms with Crippen LogP contribution in [0.15, 0.2) is 23.1 Å². The fourth-order valence-electron chi connectivity index (χ4n) is 1.71. The minimum atomic E-state index is -3.44. The molecule has 0 saturated heterocycles. The van der Waals surface area contributed by atoms with Crippen molar-refractivity contribution in [2.45, 2.75) is 18.4 Å². The molecule has 19 heavy (non-hydrogen) atoms. The summed E-state index contributed by atoms with van der Waals surface area (Å²) in [6.45, 7) is 3.34. The molecule has 1 aromatic rings. The van der Waals surface area contributed by atoms with E-state index in [1.807, 2.05) is 20.0 Å². The zero-order chi connectivity index (χ0) is 14.5. The molecule has 108 valence electrons. The number of aryl methyl sites for hydroxylation is 1. The first-order valence-corrected chi connectivity index (χ1v) is 7.57. The maximum atomic E-state index is 12.4. The van der Waals surface area contributed by atoms with E-state index >= 15 is 0 Å². The minimum Gasteiger partial charge on any atom is -0.383 e. The van der Waals surface area contributed by atoms with Crippen LogP contribution in [-0.2, 0) is 21.3 Å². The standard InChI is InChI=1S/C13H22N2O3S/c1-11-5-6-13(9-12(11)10-14-2)19(16,17)15(3)7-8-18-4/h5-6,9,14H,7-8,10H2,1-4H3. The molecule has 5 nitrogen and oxygen atoms in total. The molecule has 0 heterocycles. The average molecular weight is 286 g/mol. The minimum absolute atomic E-state index is 0.321. The molecule has 1 rings (SSSR count). The van der Waals surface area contributed by atoms with E-state index in [0.717, 1.165) is 11.1 Å². The number of nitrogens with one attached hydrogen (secondary N) is 1. The third kappa shape index (κ3) is 4.01. The fourth-order valence-corrected chi connectivity index (χ4v) is 2.92. The number of rotatable bonds is 7. The number of methoxy groups -OCH3 is 1. The molecular weight excluding hydrogens is 264 g/mol. The Morgan fingerprint density at radius 1 is 1.37 bits per heavy atom. The van der Waals surface area contributed by atoms with Gasteiger partial charge < -0.3 is 10.1 Å².